The summed E-state index contributed by atoms with van der Waals surface area (Å²) in [6.07, 6.45) is 0. The van der Waals surface area contributed by atoms with Crippen molar-refractivity contribution < 1.29 is 0 Å². The zero-order chi connectivity index (χ0) is 39.3. The Morgan fingerprint density at radius 3 is 1.32 bits per heavy atom. The van der Waals surface area contributed by atoms with Crippen molar-refractivity contribution in [1.82, 2.24) is 4.57 Å². The number of hydrogen-bond donors (Lipinski definition) is 0. The summed E-state index contributed by atoms with van der Waals surface area (Å²) in [5.74, 6) is 0. The maximum absolute atomic E-state index is 2.53. The molecular weight excluding hydrogens is 725 g/mol. The maximum atomic E-state index is 2.53. The van der Waals surface area contributed by atoms with Crippen LogP contribution >= 0.6 is 0 Å². The van der Waals surface area contributed by atoms with E-state index >= 15 is 0 Å². The molecule has 1 aromatic heterocycles. The molecule has 4 heteroatoms. The normalized spacial score (nSPS) is 12.9. The second kappa shape index (κ2) is 12.8. The minimum Gasteiger partial charge on any atom is -0.311 e. The van der Waals surface area contributed by atoms with Gasteiger partial charge in [0.2, 0.25) is 0 Å². The van der Waals surface area contributed by atoms with Crippen molar-refractivity contribution in [2.75, 3.05) is 9.80 Å². The van der Waals surface area contributed by atoms with E-state index in [1.807, 2.05) is 0 Å². The number of para-hydroxylation sites is 4. The predicted octanol–water partition coefficient (Wildman–Crippen LogP) is 12.8. The van der Waals surface area contributed by atoms with E-state index in [4.69, 9.17) is 0 Å². The van der Waals surface area contributed by atoms with Crippen LogP contribution < -0.4 is 26.2 Å². The van der Waals surface area contributed by atoms with Gasteiger partial charge in [0, 0.05) is 50.6 Å². The van der Waals surface area contributed by atoms with Gasteiger partial charge in [-0.15, -0.1) is 0 Å². The molecule has 0 radical (unpaired) electrons. The Balaban J connectivity index is 1.16. The van der Waals surface area contributed by atoms with Crippen molar-refractivity contribution in [3.05, 3.63) is 218 Å². The smallest absolute Gasteiger partial charge is 0.253 e. The van der Waals surface area contributed by atoms with Gasteiger partial charge in [0.25, 0.3) is 6.71 Å². The summed E-state index contributed by atoms with van der Waals surface area (Å²) in [5.41, 5.74) is 17.1. The van der Waals surface area contributed by atoms with Gasteiger partial charge in [0.1, 0.15) is 0 Å². The largest absolute Gasteiger partial charge is 0.311 e. The van der Waals surface area contributed by atoms with Crippen molar-refractivity contribution in [2.45, 2.75) is 0 Å². The summed E-state index contributed by atoms with van der Waals surface area (Å²) >= 11 is 0. The molecule has 2 aliphatic heterocycles. The van der Waals surface area contributed by atoms with E-state index in [9.17, 15) is 0 Å². The minimum atomic E-state index is -0.0162. The Morgan fingerprint density at radius 1 is 0.283 bits per heavy atom. The summed E-state index contributed by atoms with van der Waals surface area (Å²) in [7, 11) is 0. The number of rotatable bonds is 4. The first-order chi connectivity index (χ1) is 29.8. The molecule has 60 heavy (non-hydrogen) atoms. The van der Waals surface area contributed by atoms with Crippen molar-refractivity contribution >= 4 is 101 Å². The SMILES string of the molecule is c1ccc(N2c3cc(-c4ccc5c(c4)c4ccccc4n5-c4ccccc4)cc4c3B(c3c2ccc2ccccc32)c2c(ccc3ccccc23)N4c2ccccc2)cc1. The van der Waals surface area contributed by atoms with E-state index in [2.05, 4.69) is 233 Å². The van der Waals surface area contributed by atoms with Gasteiger partial charge >= 0.3 is 0 Å². The number of benzene rings is 10. The monoisotopic (exact) mass is 761 g/mol. The van der Waals surface area contributed by atoms with Crippen molar-refractivity contribution in [3.63, 3.8) is 0 Å². The van der Waals surface area contributed by atoms with E-state index in [1.165, 1.54) is 93.6 Å². The van der Waals surface area contributed by atoms with E-state index in [1.54, 1.807) is 0 Å². The highest BCUT2D eigenvalue weighted by Gasteiger charge is 2.45. The fourth-order valence-electron chi connectivity index (χ4n) is 10.4. The molecule has 11 aromatic rings. The first kappa shape index (κ1) is 33.2. The predicted molar refractivity (Wildman–Crippen MR) is 255 cm³/mol. The number of aromatic nitrogens is 1. The lowest BCUT2D eigenvalue weighted by Crippen LogP contribution is -2.61. The number of hydrogen-bond acceptors (Lipinski definition) is 2. The molecule has 0 N–H and O–H groups in total. The van der Waals surface area contributed by atoms with Gasteiger partial charge in [0.15, 0.2) is 0 Å². The summed E-state index contributed by atoms with van der Waals surface area (Å²) in [5, 5.41) is 7.56. The highest BCUT2D eigenvalue weighted by atomic mass is 15.2. The Hall–Kier alpha value is -7.82. The third-order valence-electron chi connectivity index (χ3n) is 12.9. The third-order valence-corrected chi connectivity index (χ3v) is 12.9. The average molecular weight is 762 g/mol. The fraction of sp³-hybridized carbons (Fsp3) is 0. The van der Waals surface area contributed by atoms with Gasteiger partial charge in [-0.2, -0.15) is 0 Å². The molecule has 0 aliphatic carbocycles. The molecule has 3 nitrogen and oxygen atoms in total. The highest BCUT2D eigenvalue weighted by Crippen LogP contribution is 2.48. The molecule has 3 heterocycles. The molecule has 0 fully saturated rings. The average Bonchev–Trinajstić information content (AvgIpc) is 3.65. The molecule has 0 spiro atoms. The maximum Gasteiger partial charge on any atom is 0.253 e. The van der Waals surface area contributed by atoms with Crippen LogP contribution in [-0.4, -0.2) is 11.3 Å². The molecular formula is C56H36BN3. The molecule has 0 atom stereocenters. The van der Waals surface area contributed by atoms with Gasteiger partial charge in [-0.05, 0) is 128 Å². The van der Waals surface area contributed by atoms with Crippen LogP contribution in [0.1, 0.15) is 0 Å². The minimum absolute atomic E-state index is 0.0162. The Bertz CT molecular complexity index is 3350. The second-order valence-corrected chi connectivity index (χ2v) is 16.1. The first-order valence-electron chi connectivity index (χ1n) is 20.8. The Kier molecular flexibility index (Phi) is 7.10. The Labute approximate surface area is 348 Å². The molecule has 2 aliphatic rings. The summed E-state index contributed by atoms with van der Waals surface area (Å²) in [6, 6.07) is 80.6. The van der Waals surface area contributed by atoms with Gasteiger partial charge in [-0.25, -0.2) is 0 Å². The van der Waals surface area contributed by atoms with Crippen LogP contribution in [0.3, 0.4) is 0 Å². The summed E-state index contributed by atoms with van der Waals surface area (Å²) in [6.45, 7) is -0.0162. The second-order valence-electron chi connectivity index (χ2n) is 16.1. The zero-order valence-corrected chi connectivity index (χ0v) is 32.7. The van der Waals surface area contributed by atoms with Crippen molar-refractivity contribution in [3.8, 4) is 16.8 Å². The number of fused-ring (bicyclic) bond motifs is 11. The van der Waals surface area contributed by atoms with Crippen LogP contribution in [0, 0.1) is 0 Å². The lowest BCUT2D eigenvalue weighted by Gasteiger charge is -2.45. The summed E-state index contributed by atoms with van der Waals surface area (Å²) in [4.78, 5) is 5.05. The first-order valence-corrected chi connectivity index (χ1v) is 20.8. The van der Waals surface area contributed by atoms with Crippen LogP contribution in [0.4, 0.5) is 34.1 Å². The fourth-order valence-corrected chi connectivity index (χ4v) is 10.4. The van der Waals surface area contributed by atoms with Crippen LogP contribution in [0.25, 0.3) is 60.2 Å². The molecule has 13 rings (SSSR count). The molecule has 0 saturated heterocycles. The standard InChI is InChI=1S/C56H36BN3/c1-4-18-41(19-5-1)58-48-27-15-14-26-46(48)47-34-39(30-31-49(47)58)40-35-52-56-53(36-40)60(43-22-8-3-9-23-43)51-33-29-38-17-11-13-25-45(38)55(51)57(56)54-44-24-12-10-16-37(44)28-32-50(54)59(52)42-20-6-2-7-21-42/h1-36H. The van der Waals surface area contributed by atoms with Crippen LogP contribution in [0.5, 0.6) is 0 Å². The third kappa shape index (κ3) is 4.73. The van der Waals surface area contributed by atoms with Gasteiger partial charge in [0.05, 0.1) is 11.0 Å². The molecule has 0 saturated carbocycles. The molecule has 0 bridgehead atoms. The van der Waals surface area contributed by atoms with E-state index < -0.39 is 0 Å². The van der Waals surface area contributed by atoms with Crippen molar-refractivity contribution in [2.24, 2.45) is 0 Å². The molecule has 10 aromatic carbocycles. The van der Waals surface area contributed by atoms with E-state index in [-0.39, 0.29) is 6.71 Å². The zero-order valence-electron chi connectivity index (χ0n) is 32.7. The van der Waals surface area contributed by atoms with E-state index in [0.717, 1.165) is 17.1 Å². The molecule has 278 valence electrons. The number of anilines is 6. The quantitative estimate of drug-likeness (QED) is 0.166. The van der Waals surface area contributed by atoms with Gasteiger partial charge in [-0.1, -0.05) is 140 Å². The number of nitrogens with zero attached hydrogens (tertiary/aromatic N) is 3. The lowest BCUT2D eigenvalue weighted by atomic mass is 9.32. The topological polar surface area (TPSA) is 11.4 Å². The Morgan fingerprint density at radius 2 is 0.750 bits per heavy atom. The van der Waals surface area contributed by atoms with Crippen LogP contribution in [-0.2, 0) is 0 Å². The van der Waals surface area contributed by atoms with Crippen molar-refractivity contribution in [1.29, 1.82) is 0 Å². The van der Waals surface area contributed by atoms with Crippen LogP contribution in [0.2, 0.25) is 0 Å². The van der Waals surface area contributed by atoms with Gasteiger partial charge < -0.3 is 14.4 Å². The summed E-state index contributed by atoms with van der Waals surface area (Å²) < 4.78 is 2.40. The molecule has 0 amide bonds. The molecule has 0 unspecified atom stereocenters. The highest BCUT2D eigenvalue weighted by molar-refractivity contribution is 7.02. The van der Waals surface area contributed by atoms with Gasteiger partial charge in [-0.3, -0.25) is 0 Å². The van der Waals surface area contributed by atoms with E-state index in [0.29, 0.717) is 0 Å². The lowest BCUT2D eigenvalue weighted by molar-refractivity contribution is 1.18. The van der Waals surface area contributed by atoms with Crippen LogP contribution in [0.15, 0.2) is 218 Å².